The maximum Gasteiger partial charge on any atom is 0.320 e. The molecule has 2 fully saturated rings. The summed E-state index contributed by atoms with van der Waals surface area (Å²) in [6.07, 6.45) is 2.07. The Hall–Kier alpha value is -2.06. The molecular weight excluding hydrogens is 264 g/mol. The van der Waals surface area contributed by atoms with Crippen LogP contribution in [0.25, 0.3) is 0 Å². The van der Waals surface area contributed by atoms with Gasteiger partial charge in [-0.25, -0.2) is 4.79 Å². The molecule has 2 amide bonds. The molecule has 0 aromatic heterocycles. The van der Waals surface area contributed by atoms with Crippen LogP contribution in [-0.2, 0) is 6.54 Å². The zero-order valence-electron chi connectivity index (χ0n) is 12.1. The van der Waals surface area contributed by atoms with E-state index in [1.807, 2.05) is 28.0 Å². The number of benzene rings is 1. The van der Waals surface area contributed by atoms with E-state index in [0.717, 1.165) is 44.6 Å². The first-order chi connectivity index (χ1) is 10.3. The van der Waals surface area contributed by atoms with Crippen molar-refractivity contribution in [3.63, 3.8) is 0 Å². The Balaban J connectivity index is 1.68. The van der Waals surface area contributed by atoms with Gasteiger partial charge in [0.05, 0.1) is 11.6 Å². The third kappa shape index (κ3) is 2.86. The topological polar surface area (TPSA) is 59.4 Å². The number of carbonyl (C=O) groups is 1. The molecule has 5 heteroatoms. The van der Waals surface area contributed by atoms with Crippen LogP contribution in [0.5, 0.6) is 0 Å². The molecule has 21 heavy (non-hydrogen) atoms. The van der Waals surface area contributed by atoms with Crippen molar-refractivity contribution in [1.82, 2.24) is 15.1 Å². The summed E-state index contributed by atoms with van der Waals surface area (Å²) >= 11 is 0. The van der Waals surface area contributed by atoms with Gasteiger partial charge in [0, 0.05) is 25.7 Å². The van der Waals surface area contributed by atoms with E-state index < -0.39 is 0 Å². The zero-order chi connectivity index (χ0) is 14.7. The minimum absolute atomic E-state index is 0.120. The third-order valence-corrected chi connectivity index (χ3v) is 4.38. The smallest absolute Gasteiger partial charge is 0.320 e. The van der Waals surface area contributed by atoms with E-state index in [9.17, 15) is 4.79 Å². The number of piperidine rings is 1. The van der Waals surface area contributed by atoms with Crippen LogP contribution < -0.4 is 5.32 Å². The normalized spacial score (nSPS) is 19.9. The number of nitrogens with one attached hydrogen (secondary N) is 1. The van der Waals surface area contributed by atoms with Crippen LogP contribution in [0.15, 0.2) is 24.3 Å². The van der Waals surface area contributed by atoms with Gasteiger partial charge in [0.25, 0.3) is 0 Å². The predicted octanol–water partition coefficient (Wildman–Crippen LogP) is 1.55. The number of amides is 2. The van der Waals surface area contributed by atoms with Gasteiger partial charge < -0.3 is 15.1 Å². The number of nitriles is 1. The lowest BCUT2D eigenvalue weighted by Crippen LogP contribution is -2.45. The van der Waals surface area contributed by atoms with Gasteiger partial charge in [-0.2, -0.15) is 5.26 Å². The first kappa shape index (κ1) is 13.9. The number of hydrogen-bond donors (Lipinski definition) is 1. The fraction of sp³-hybridized carbons (Fsp3) is 0.500. The molecule has 0 aliphatic carbocycles. The summed E-state index contributed by atoms with van der Waals surface area (Å²) in [7, 11) is 0. The molecule has 1 N–H and O–H groups in total. The van der Waals surface area contributed by atoms with E-state index in [1.165, 1.54) is 0 Å². The summed E-state index contributed by atoms with van der Waals surface area (Å²) in [4.78, 5) is 16.4. The molecule has 5 nitrogen and oxygen atoms in total. The fourth-order valence-electron chi connectivity index (χ4n) is 3.18. The number of nitrogens with zero attached hydrogens (tertiary/aromatic N) is 3. The Labute approximate surface area is 125 Å². The summed E-state index contributed by atoms with van der Waals surface area (Å²) < 4.78 is 0. The largest absolute Gasteiger partial charge is 0.320 e. The zero-order valence-corrected chi connectivity index (χ0v) is 12.1. The molecule has 1 aromatic rings. The SMILES string of the molecule is N#Cc1ccccc1CN1CCN(C2CCNCC2)C1=O. The van der Waals surface area contributed by atoms with Crippen molar-refractivity contribution in [1.29, 1.82) is 5.26 Å². The second-order valence-corrected chi connectivity index (χ2v) is 5.65. The standard InChI is InChI=1S/C16H20N4O/c17-11-13-3-1-2-4-14(13)12-19-9-10-20(16(19)21)15-5-7-18-8-6-15/h1-4,15,18H,5-10,12H2. The third-order valence-electron chi connectivity index (χ3n) is 4.38. The second kappa shape index (κ2) is 6.15. The molecule has 2 heterocycles. The highest BCUT2D eigenvalue weighted by atomic mass is 16.2. The highest BCUT2D eigenvalue weighted by Gasteiger charge is 2.34. The van der Waals surface area contributed by atoms with Crippen molar-refractivity contribution in [3.8, 4) is 6.07 Å². The summed E-state index contributed by atoms with van der Waals surface area (Å²) in [5.74, 6) is 0. The fourth-order valence-corrected chi connectivity index (χ4v) is 3.18. The van der Waals surface area contributed by atoms with Crippen LogP contribution in [0, 0.1) is 11.3 Å². The lowest BCUT2D eigenvalue weighted by molar-refractivity contribution is 0.164. The van der Waals surface area contributed by atoms with Crippen LogP contribution in [0.4, 0.5) is 4.79 Å². The van der Waals surface area contributed by atoms with Gasteiger partial charge in [0.2, 0.25) is 0 Å². The lowest BCUT2D eigenvalue weighted by atomic mass is 10.1. The number of carbonyl (C=O) groups excluding carboxylic acids is 1. The lowest BCUT2D eigenvalue weighted by Gasteiger charge is -2.31. The van der Waals surface area contributed by atoms with Crippen molar-refractivity contribution < 1.29 is 4.79 Å². The first-order valence-electron chi connectivity index (χ1n) is 7.54. The van der Waals surface area contributed by atoms with Crippen molar-refractivity contribution in [2.75, 3.05) is 26.2 Å². The van der Waals surface area contributed by atoms with E-state index in [4.69, 9.17) is 5.26 Å². The molecule has 110 valence electrons. The molecule has 2 saturated heterocycles. The van der Waals surface area contributed by atoms with Crippen LogP contribution in [0.1, 0.15) is 24.0 Å². The van der Waals surface area contributed by atoms with E-state index in [-0.39, 0.29) is 6.03 Å². The molecule has 0 bridgehead atoms. The summed E-state index contributed by atoms with van der Waals surface area (Å²) in [5, 5.41) is 12.5. The average Bonchev–Trinajstić information content (AvgIpc) is 2.90. The Kier molecular flexibility index (Phi) is 4.07. The van der Waals surface area contributed by atoms with Gasteiger partial charge in [-0.3, -0.25) is 0 Å². The van der Waals surface area contributed by atoms with Gasteiger partial charge in [-0.05, 0) is 37.6 Å². The maximum atomic E-state index is 12.6. The molecule has 0 unspecified atom stereocenters. The molecule has 0 radical (unpaired) electrons. The molecule has 0 saturated carbocycles. The first-order valence-corrected chi connectivity index (χ1v) is 7.54. The van der Waals surface area contributed by atoms with Crippen molar-refractivity contribution in [2.45, 2.75) is 25.4 Å². The summed E-state index contributed by atoms with van der Waals surface area (Å²) in [6, 6.07) is 10.2. The van der Waals surface area contributed by atoms with E-state index in [2.05, 4.69) is 11.4 Å². The molecule has 0 spiro atoms. The monoisotopic (exact) mass is 284 g/mol. The summed E-state index contributed by atoms with van der Waals surface area (Å²) in [5.41, 5.74) is 1.59. The average molecular weight is 284 g/mol. The number of rotatable bonds is 3. The van der Waals surface area contributed by atoms with Crippen molar-refractivity contribution in [3.05, 3.63) is 35.4 Å². The predicted molar refractivity (Wildman–Crippen MR) is 79.6 cm³/mol. The highest BCUT2D eigenvalue weighted by Crippen LogP contribution is 2.21. The van der Waals surface area contributed by atoms with Crippen LogP contribution in [-0.4, -0.2) is 48.1 Å². The Morgan fingerprint density at radius 3 is 2.76 bits per heavy atom. The van der Waals surface area contributed by atoms with Crippen molar-refractivity contribution >= 4 is 6.03 Å². The molecule has 2 aliphatic heterocycles. The van der Waals surface area contributed by atoms with Gasteiger partial charge >= 0.3 is 6.03 Å². The molecular formula is C16H20N4O. The van der Waals surface area contributed by atoms with Gasteiger partial charge in [0.15, 0.2) is 0 Å². The Bertz CT molecular complexity index is 560. The van der Waals surface area contributed by atoms with E-state index in [0.29, 0.717) is 18.2 Å². The van der Waals surface area contributed by atoms with Crippen LogP contribution >= 0.6 is 0 Å². The minimum atomic E-state index is 0.120. The molecule has 1 aromatic carbocycles. The Morgan fingerprint density at radius 1 is 1.24 bits per heavy atom. The highest BCUT2D eigenvalue weighted by molar-refractivity contribution is 5.77. The van der Waals surface area contributed by atoms with Gasteiger partial charge in [-0.1, -0.05) is 18.2 Å². The molecule has 0 atom stereocenters. The minimum Gasteiger partial charge on any atom is -0.320 e. The second-order valence-electron chi connectivity index (χ2n) is 5.65. The van der Waals surface area contributed by atoms with Crippen molar-refractivity contribution in [2.24, 2.45) is 0 Å². The van der Waals surface area contributed by atoms with Gasteiger partial charge in [-0.15, -0.1) is 0 Å². The molecule has 2 aliphatic rings. The van der Waals surface area contributed by atoms with Crippen LogP contribution in [0.3, 0.4) is 0 Å². The van der Waals surface area contributed by atoms with E-state index in [1.54, 1.807) is 6.07 Å². The van der Waals surface area contributed by atoms with Crippen LogP contribution in [0.2, 0.25) is 0 Å². The van der Waals surface area contributed by atoms with Gasteiger partial charge in [0.1, 0.15) is 0 Å². The number of urea groups is 1. The number of hydrogen-bond acceptors (Lipinski definition) is 3. The van der Waals surface area contributed by atoms with E-state index >= 15 is 0 Å². The summed E-state index contributed by atoms with van der Waals surface area (Å²) in [6.45, 7) is 4.07. The Morgan fingerprint density at radius 2 is 2.00 bits per heavy atom. The molecule has 3 rings (SSSR count). The quantitative estimate of drug-likeness (QED) is 0.916. The maximum absolute atomic E-state index is 12.6.